The lowest BCUT2D eigenvalue weighted by Crippen LogP contribution is -2.66. The van der Waals surface area contributed by atoms with Gasteiger partial charge in [-0.05, 0) is 13.0 Å². The molecular formula is C9H29NO10Si4. The SMILES string of the molecule is CCC[Si](O)(O)O[Si](O)(O[Si](O)(O)CCC)O[Si](O)(O)CCCN. The maximum absolute atomic E-state index is 10.4. The number of hydrogen-bond acceptors (Lipinski definition) is 11. The van der Waals surface area contributed by atoms with Crippen LogP contribution in [0.4, 0.5) is 0 Å². The molecule has 0 atom stereocenters. The Morgan fingerprint density at radius 3 is 1.29 bits per heavy atom. The van der Waals surface area contributed by atoms with Gasteiger partial charge in [0.25, 0.3) is 0 Å². The van der Waals surface area contributed by atoms with E-state index in [1.165, 1.54) is 0 Å². The Morgan fingerprint density at radius 2 is 1.00 bits per heavy atom. The van der Waals surface area contributed by atoms with E-state index >= 15 is 0 Å². The average Bonchev–Trinajstić information content (AvgIpc) is 2.32. The third kappa shape index (κ3) is 10.4. The summed E-state index contributed by atoms with van der Waals surface area (Å²) < 4.78 is 14.3. The van der Waals surface area contributed by atoms with Gasteiger partial charge in [0.05, 0.1) is 0 Å². The molecule has 0 aromatic carbocycles. The van der Waals surface area contributed by atoms with Crippen LogP contribution in [0.2, 0.25) is 18.1 Å². The highest BCUT2D eigenvalue weighted by Crippen LogP contribution is 2.24. The normalized spacial score (nSPS) is 14.2. The third-order valence-corrected chi connectivity index (χ3v) is 13.1. The van der Waals surface area contributed by atoms with Gasteiger partial charge in [0, 0.05) is 18.1 Å². The van der Waals surface area contributed by atoms with Crippen molar-refractivity contribution in [2.24, 2.45) is 5.73 Å². The predicted molar refractivity (Wildman–Crippen MR) is 90.5 cm³/mol. The van der Waals surface area contributed by atoms with Crippen LogP contribution in [0.3, 0.4) is 0 Å². The molecule has 0 aromatic heterocycles. The Kier molecular flexibility index (Phi) is 10.1. The molecule has 0 fully saturated rings. The molecule has 24 heavy (non-hydrogen) atoms. The molecule has 0 saturated heterocycles. The third-order valence-electron chi connectivity index (χ3n) is 2.74. The van der Waals surface area contributed by atoms with Crippen molar-refractivity contribution in [3.63, 3.8) is 0 Å². The smallest absolute Gasteiger partial charge is 0.390 e. The van der Waals surface area contributed by atoms with Gasteiger partial charge in [-0.2, -0.15) is 0 Å². The van der Waals surface area contributed by atoms with E-state index in [0.717, 1.165) is 0 Å². The molecule has 0 aromatic rings. The molecule has 0 unspecified atom stereocenters. The van der Waals surface area contributed by atoms with E-state index in [9.17, 15) is 33.6 Å². The highest BCUT2D eigenvalue weighted by atomic mass is 28.5. The fourth-order valence-corrected chi connectivity index (χ4v) is 11.6. The van der Waals surface area contributed by atoms with E-state index in [2.05, 4.69) is 0 Å². The van der Waals surface area contributed by atoms with Crippen molar-refractivity contribution in [2.45, 2.75) is 51.2 Å². The summed E-state index contributed by atoms with van der Waals surface area (Å²) in [4.78, 5) is 69.4. The molecule has 11 nitrogen and oxygen atoms in total. The number of rotatable bonds is 13. The Hall–Kier alpha value is 0.428. The fourth-order valence-electron chi connectivity index (χ4n) is 1.82. The van der Waals surface area contributed by atoms with Crippen molar-refractivity contribution < 1.29 is 45.9 Å². The van der Waals surface area contributed by atoms with Crippen LogP contribution in [-0.4, -0.2) is 75.6 Å². The Labute approximate surface area is 145 Å². The second-order valence-corrected chi connectivity index (χ2v) is 14.9. The minimum Gasteiger partial charge on any atom is -0.390 e. The molecule has 0 heterocycles. The summed E-state index contributed by atoms with van der Waals surface area (Å²) >= 11 is 0. The Morgan fingerprint density at radius 1 is 0.667 bits per heavy atom. The standard InChI is InChI=1S/C9H29NO10Si4/c1-3-7-21(11,12)18-24(17,19-22(13,14)8-4-2)20-23(15,16)9-5-6-10/h11-17H,3-10H2,1-2H3. The zero-order chi connectivity index (χ0) is 19.1. The first-order chi connectivity index (χ1) is 10.8. The van der Waals surface area contributed by atoms with Gasteiger partial charge in [-0.3, -0.25) is 0 Å². The Balaban J connectivity index is 5.33. The van der Waals surface area contributed by atoms with Crippen molar-refractivity contribution in [3.8, 4) is 0 Å². The van der Waals surface area contributed by atoms with E-state index in [4.69, 9.17) is 18.1 Å². The molecule has 0 bridgehead atoms. The lowest BCUT2D eigenvalue weighted by molar-refractivity contribution is 0.0445. The van der Waals surface area contributed by atoms with Crippen LogP contribution in [-0.2, 0) is 12.3 Å². The van der Waals surface area contributed by atoms with Crippen LogP contribution in [0.15, 0.2) is 0 Å². The summed E-state index contributed by atoms with van der Waals surface area (Å²) in [7, 11) is -18.6. The predicted octanol–water partition coefficient (Wildman–Crippen LogP) is -2.60. The summed E-state index contributed by atoms with van der Waals surface area (Å²) in [5, 5.41) is 0. The first-order valence-electron chi connectivity index (χ1n) is 7.67. The van der Waals surface area contributed by atoms with Gasteiger partial charge in [0.2, 0.25) is 0 Å². The van der Waals surface area contributed by atoms with Crippen molar-refractivity contribution in [2.75, 3.05) is 6.54 Å². The first-order valence-corrected chi connectivity index (χ1v) is 15.4. The Bertz CT molecular complexity index is 352. The second kappa shape index (κ2) is 9.94. The second-order valence-electron chi connectivity index (χ2n) is 5.45. The first kappa shape index (κ1) is 24.4. The quantitative estimate of drug-likeness (QED) is 0.145. The van der Waals surface area contributed by atoms with Crippen molar-refractivity contribution in [1.82, 2.24) is 0 Å². The van der Waals surface area contributed by atoms with Gasteiger partial charge in [0.15, 0.2) is 0 Å². The van der Waals surface area contributed by atoms with Crippen molar-refractivity contribution in [1.29, 1.82) is 0 Å². The number of nitrogens with two attached hydrogens (primary N) is 1. The van der Waals surface area contributed by atoms with E-state index in [0.29, 0.717) is 12.8 Å². The molecule has 0 rings (SSSR count). The summed E-state index contributed by atoms with van der Waals surface area (Å²) in [5.41, 5.74) is 5.27. The van der Waals surface area contributed by atoms with Crippen LogP contribution in [0, 0.1) is 0 Å². The molecule has 0 amide bonds. The molecule has 0 spiro atoms. The molecule has 0 aliphatic heterocycles. The molecule has 15 heteroatoms. The van der Waals surface area contributed by atoms with E-state index < -0.39 is 35.5 Å². The summed E-state index contributed by atoms with van der Waals surface area (Å²) in [6.45, 7) is 3.39. The van der Waals surface area contributed by atoms with Gasteiger partial charge in [-0.15, -0.1) is 0 Å². The van der Waals surface area contributed by atoms with Crippen LogP contribution >= 0.6 is 0 Å². The monoisotopic (exact) mass is 423 g/mol. The van der Waals surface area contributed by atoms with Crippen LogP contribution < -0.4 is 5.73 Å². The van der Waals surface area contributed by atoms with Crippen molar-refractivity contribution in [3.05, 3.63) is 0 Å². The molecule has 0 aliphatic carbocycles. The maximum atomic E-state index is 10.4. The van der Waals surface area contributed by atoms with Gasteiger partial charge < -0.3 is 51.6 Å². The lowest BCUT2D eigenvalue weighted by Gasteiger charge is -2.34. The average molecular weight is 424 g/mol. The van der Waals surface area contributed by atoms with Gasteiger partial charge in [-0.25, -0.2) is 0 Å². The van der Waals surface area contributed by atoms with E-state index in [1.807, 2.05) is 0 Å². The summed E-state index contributed by atoms with van der Waals surface area (Å²) in [5.74, 6) is 0. The zero-order valence-electron chi connectivity index (χ0n) is 13.9. The van der Waals surface area contributed by atoms with Crippen LogP contribution in [0.1, 0.15) is 33.1 Å². The molecule has 0 aliphatic rings. The number of hydrogen-bond donors (Lipinski definition) is 8. The minimum absolute atomic E-state index is 0.129. The van der Waals surface area contributed by atoms with Gasteiger partial charge in [-0.1, -0.05) is 26.7 Å². The molecule has 0 saturated carbocycles. The highest BCUT2D eigenvalue weighted by Gasteiger charge is 2.60. The minimum atomic E-state index is -5.14. The van der Waals surface area contributed by atoms with Crippen LogP contribution in [0.25, 0.3) is 0 Å². The van der Waals surface area contributed by atoms with Gasteiger partial charge >= 0.3 is 35.5 Å². The van der Waals surface area contributed by atoms with Crippen molar-refractivity contribution >= 4 is 35.5 Å². The van der Waals surface area contributed by atoms with Crippen LogP contribution in [0.5, 0.6) is 0 Å². The zero-order valence-corrected chi connectivity index (χ0v) is 17.9. The molecule has 146 valence electrons. The topological polar surface area (TPSA) is 195 Å². The summed E-state index contributed by atoms with van der Waals surface area (Å²) in [6.07, 6.45) is 0.760. The molecule has 0 radical (unpaired) electrons. The lowest BCUT2D eigenvalue weighted by atomic mass is 10.5. The largest absolute Gasteiger partial charge is 0.654 e. The maximum Gasteiger partial charge on any atom is 0.654 e. The van der Waals surface area contributed by atoms with Gasteiger partial charge in [0.1, 0.15) is 0 Å². The fraction of sp³-hybridized carbons (Fsp3) is 1.00. The highest BCUT2D eigenvalue weighted by molar-refractivity contribution is 6.80. The molecule has 9 N–H and O–H groups in total. The molecular weight excluding hydrogens is 394 g/mol. The summed E-state index contributed by atoms with van der Waals surface area (Å²) in [6, 6.07) is -0.741. The van der Waals surface area contributed by atoms with E-state index in [1.54, 1.807) is 13.8 Å². The van der Waals surface area contributed by atoms with E-state index in [-0.39, 0.29) is 31.1 Å².